The van der Waals surface area contributed by atoms with E-state index in [4.69, 9.17) is 0 Å². The van der Waals surface area contributed by atoms with Gasteiger partial charge in [0.15, 0.2) is 0 Å². The van der Waals surface area contributed by atoms with Gasteiger partial charge in [-0.15, -0.1) is 0 Å². The highest BCUT2D eigenvalue weighted by Crippen LogP contribution is 2.30. The smallest absolute Gasteiger partial charge is 0.131 e. The summed E-state index contributed by atoms with van der Waals surface area (Å²) in [5.74, 6) is 2.80. The van der Waals surface area contributed by atoms with E-state index >= 15 is 0 Å². The van der Waals surface area contributed by atoms with Crippen molar-refractivity contribution in [2.75, 3.05) is 26.2 Å². The van der Waals surface area contributed by atoms with Crippen LogP contribution >= 0.6 is 0 Å². The van der Waals surface area contributed by atoms with Gasteiger partial charge in [-0.1, -0.05) is 19.3 Å². The molecule has 1 saturated carbocycles. The first-order chi connectivity index (χ1) is 12.8. The summed E-state index contributed by atoms with van der Waals surface area (Å²) < 4.78 is 2.11. The van der Waals surface area contributed by atoms with Gasteiger partial charge < -0.3 is 4.57 Å². The molecule has 6 nitrogen and oxygen atoms in total. The van der Waals surface area contributed by atoms with Gasteiger partial charge in [-0.05, 0) is 12.8 Å². The van der Waals surface area contributed by atoms with Crippen LogP contribution < -0.4 is 0 Å². The Labute approximate surface area is 156 Å². The molecular weight excluding hydrogens is 324 g/mol. The van der Waals surface area contributed by atoms with E-state index in [9.17, 15) is 0 Å². The summed E-state index contributed by atoms with van der Waals surface area (Å²) in [6.45, 7) is 6.27. The lowest BCUT2D eigenvalue weighted by Crippen LogP contribution is -2.45. The van der Waals surface area contributed by atoms with Crippen LogP contribution in [0.25, 0.3) is 0 Å². The molecule has 0 unspecified atom stereocenters. The monoisotopic (exact) mass is 354 g/mol. The first-order valence-corrected chi connectivity index (χ1v) is 9.99. The van der Waals surface area contributed by atoms with Crippen molar-refractivity contribution in [3.8, 4) is 0 Å². The molecule has 2 aromatic heterocycles. The number of aromatic nitrogens is 4. The largest absolute Gasteiger partial charge is 0.337 e. The van der Waals surface area contributed by atoms with Gasteiger partial charge in [0.2, 0.25) is 0 Å². The highest BCUT2D eigenvalue weighted by molar-refractivity contribution is 5.08. The van der Waals surface area contributed by atoms with E-state index in [2.05, 4.69) is 48.8 Å². The van der Waals surface area contributed by atoms with Gasteiger partial charge in [0, 0.05) is 76.0 Å². The molecule has 0 radical (unpaired) electrons. The van der Waals surface area contributed by atoms with Crippen molar-refractivity contribution < 1.29 is 0 Å². The van der Waals surface area contributed by atoms with Crippen molar-refractivity contribution in [1.82, 2.24) is 29.3 Å². The van der Waals surface area contributed by atoms with Crippen LogP contribution in [0.5, 0.6) is 0 Å². The molecule has 1 aliphatic carbocycles. The minimum Gasteiger partial charge on any atom is -0.337 e. The van der Waals surface area contributed by atoms with Gasteiger partial charge in [-0.3, -0.25) is 9.80 Å². The molecule has 6 heteroatoms. The van der Waals surface area contributed by atoms with E-state index in [0.29, 0.717) is 5.92 Å². The predicted molar refractivity (Wildman–Crippen MR) is 102 cm³/mol. The summed E-state index contributed by atoms with van der Waals surface area (Å²) in [5.41, 5.74) is 1.24. The Bertz CT molecular complexity index is 681. The van der Waals surface area contributed by atoms with Gasteiger partial charge in [-0.2, -0.15) is 0 Å². The first kappa shape index (κ1) is 17.6. The van der Waals surface area contributed by atoms with Gasteiger partial charge in [-0.25, -0.2) is 15.0 Å². The third-order valence-corrected chi connectivity index (χ3v) is 5.85. The lowest BCUT2D eigenvalue weighted by Gasteiger charge is -2.34. The van der Waals surface area contributed by atoms with Crippen LogP contribution in [0.4, 0.5) is 0 Å². The van der Waals surface area contributed by atoms with Crippen molar-refractivity contribution >= 4 is 0 Å². The van der Waals surface area contributed by atoms with E-state index in [1.165, 1.54) is 37.7 Å². The summed E-state index contributed by atoms with van der Waals surface area (Å²) >= 11 is 0. The van der Waals surface area contributed by atoms with Crippen molar-refractivity contribution in [3.63, 3.8) is 0 Å². The number of rotatable bonds is 5. The minimum absolute atomic E-state index is 0.590. The quantitative estimate of drug-likeness (QED) is 0.826. The standard InChI is InChI=1S/C20H30N6/c1-24-8-7-21-19(24)16-26-11-9-25(10-12-26)15-17-13-22-20(23-14-17)18-5-3-2-4-6-18/h7-8,13-14,18H,2-6,9-12,15-16H2,1H3. The van der Waals surface area contributed by atoms with Crippen molar-refractivity contribution in [3.05, 3.63) is 42.0 Å². The Kier molecular flexibility index (Phi) is 5.60. The summed E-state index contributed by atoms with van der Waals surface area (Å²) in [4.78, 5) is 18.8. The maximum Gasteiger partial charge on any atom is 0.131 e. The van der Waals surface area contributed by atoms with E-state index in [1.54, 1.807) is 0 Å². The molecule has 0 bridgehead atoms. The zero-order valence-corrected chi connectivity index (χ0v) is 15.8. The van der Waals surface area contributed by atoms with E-state index in [-0.39, 0.29) is 0 Å². The number of imidazole rings is 1. The van der Waals surface area contributed by atoms with Gasteiger partial charge >= 0.3 is 0 Å². The number of aryl methyl sites for hydroxylation is 1. The second-order valence-corrected chi connectivity index (χ2v) is 7.79. The SMILES string of the molecule is Cn1ccnc1CN1CCN(Cc2cnc(C3CCCCC3)nc2)CC1. The maximum absolute atomic E-state index is 4.68. The van der Waals surface area contributed by atoms with E-state index in [0.717, 1.165) is 50.9 Å². The molecule has 0 aromatic carbocycles. The van der Waals surface area contributed by atoms with Gasteiger partial charge in [0.25, 0.3) is 0 Å². The van der Waals surface area contributed by atoms with Crippen LogP contribution in [0.15, 0.2) is 24.8 Å². The minimum atomic E-state index is 0.590. The highest BCUT2D eigenvalue weighted by Gasteiger charge is 2.20. The van der Waals surface area contributed by atoms with Crippen LogP contribution in [-0.4, -0.2) is 55.5 Å². The molecule has 0 amide bonds. The Morgan fingerprint density at radius 3 is 2.15 bits per heavy atom. The van der Waals surface area contributed by atoms with Crippen LogP contribution in [0, 0.1) is 0 Å². The highest BCUT2D eigenvalue weighted by atomic mass is 15.3. The third-order valence-electron chi connectivity index (χ3n) is 5.85. The van der Waals surface area contributed by atoms with E-state index < -0.39 is 0 Å². The molecule has 0 N–H and O–H groups in total. The Balaban J connectivity index is 1.25. The van der Waals surface area contributed by atoms with Crippen LogP contribution in [-0.2, 0) is 20.1 Å². The Morgan fingerprint density at radius 1 is 0.885 bits per heavy atom. The second kappa shape index (κ2) is 8.27. The molecule has 1 saturated heterocycles. The van der Waals surface area contributed by atoms with Crippen LogP contribution in [0.2, 0.25) is 0 Å². The Morgan fingerprint density at radius 2 is 1.54 bits per heavy atom. The first-order valence-electron chi connectivity index (χ1n) is 9.99. The molecule has 1 aliphatic heterocycles. The predicted octanol–water partition coefficient (Wildman–Crippen LogP) is 2.58. The molecule has 0 spiro atoms. The fourth-order valence-corrected chi connectivity index (χ4v) is 4.13. The topological polar surface area (TPSA) is 50.1 Å². The second-order valence-electron chi connectivity index (χ2n) is 7.79. The van der Waals surface area contributed by atoms with Gasteiger partial charge in [0.1, 0.15) is 11.6 Å². The fraction of sp³-hybridized carbons (Fsp3) is 0.650. The average molecular weight is 355 g/mol. The number of nitrogens with zero attached hydrogens (tertiary/aromatic N) is 6. The molecule has 2 aromatic rings. The molecule has 2 aliphatic rings. The lowest BCUT2D eigenvalue weighted by atomic mass is 9.89. The number of hydrogen-bond donors (Lipinski definition) is 0. The van der Waals surface area contributed by atoms with E-state index in [1.807, 2.05) is 12.4 Å². The van der Waals surface area contributed by atoms with Crippen LogP contribution in [0.3, 0.4) is 0 Å². The summed E-state index contributed by atoms with van der Waals surface area (Å²) in [5, 5.41) is 0. The molecule has 2 fully saturated rings. The van der Waals surface area contributed by atoms with Gasteiger partial charge in [0.05, 0.1) is 6.54 Å². The molecule has 4 rings (SSSR count). The number of piperazine rings is 1. The zero-order chi connectivity index (χ0) is 17.8. The Hall–Kier alpha value is -1.79. The summed E-state index contributed by atoms with van der Waals surface area (Å²) in [7, 11) is 2.07. The molecule has 0 atom stereocenters. The average Bonchev–Trinajstić information content (AvgIpc) is 3.09. The molecule has 140 valence electrons. The van der Waals surface area contributed by atoms with Crippen molar-refractivity contribution in [2.24, 2.45) is 7.05 Å². The van der Waals surface area contributed by atoms with Crippen molar-refractivity contribution in [1.29, 1.82) is 0 Å². The van der Waals surface area contributed by atoms with Crippen LogP contribution in [0.1, 0.15) is 55.2 Å². The third kappa shape index (κ3) is 4.30. The summed E-state index contributed by atoms with van der Waals surface area (Å²) in [6, 6.07) is 0. The lowest BCUT2D eigenvalue weighted by molar-refractivity contribution is 0.119. The molecule has 3 heterocycles. The molecular formula is C20H30N6. The zero-order valence-electron chi connectivity index (χ0n) is 15.8. The number of hydrogen-bond acceptors (Lipinski definition) is 5. The molecule has 26 heavy (non-hydrogen) atoms. The van der Waals surface area contributed by atoms with Crippen molar-refractivity contribution in [2.45, 2.75) is 51.1 Å². The normalized spacial score (nSPS) is 20.5. The maximum atomic E-state index is 4.68. The summed E-state index contributed by atoms with van der Waals surface area (Å²) in [6.07, 6.45) is 14.6. The fourth-order valence-electron chi connectivity index (χ4n) is 4.13.